The Morgan fingerprint density at radius 1 is 1.22 bits per heavy atom. The van der Waals surface area contributed by atoms with Crippen LogP contribution in [0.5, 0.6) is 0 Å². The maximum absolute atomic E-state index is 13.2. The van der Waals surface area contributed by atoms with Gasteiger partial charge in [-0.2, -0.15) is 0 Å². The summed E-state index contributed by atoms with van der Waals surface area (Å²) < 4.78 is 6.92. The number of hydrogen-bond donors (Lipinski definition) is 1. The van der Waals surface area contributed by atoms with Gasteiger partial charge in [0, 0.05) is 11.9 Å². The average Bonchev–Trinajstić information content (AvgIpc) is 3.27. The predicted octanol–water partition coefficient (Wildman–Crippen LogP) is 4.77. The molecule has 1 heterocycles. The van der Waals surface area contributed by atoms with Crippen LogP contribution in [-0.4, -0.2) is 42.1 Å². The van der Waals surface area contributed by atoms with Crippen molar-refractivity contribution in [2.75, 3.05) is 12.4 Å². The molecule has 4 rings (SSSR count). The molecule has 36 heavy (non-hydrogen) atoms. The summed E-state index contributed by atoms with van der Waals surface area (Å²) in [6.07, 6.45) is 6.53. The summed E-state index contributed by atoms with van der Waals surface area (Å²) in [5, 5.41) is 12.8. The van der Waals surface area contributed by atoms with Crippen LogP contribution in [-0.2, 0) is 32.7 Å². The number of aromatic nitrogens is 3. The van der Waals surface area contributed by atoms with Crippen molar-refractivity contribution in [3.63, 3.8) is 0 Å². The molecule has 2 aliphatic rings. The highest BCUT2D eigenvalue weighted by molar-refractivity contribution is 6.88. The van der Waals surface area contributed by atoms with Gasteiger partial charge in [-0.05, 0) is 66.5 Å². The summed E-state index contributed by atoms with van der Waals surface area (Å²) in [4.78, 5) is 26.1. The number of carbonyl (C=O) groups is 2. The van der Waals surface area contributed by atoms with Crippen LogP contribution in [0, 0.1) is 11.3 Å². The fourth-order valence-corrected chi connectivity index (χ4v) is 7.62. The minimum atomic E-state index is -1.59. The zero-order valence-corrected chi connectivity index (χ0v) is 24.2. The highest BCUT2D eigenvalue weighted by Crippen LogP contribution is 2.58. The first-order chi connectivity index (χ1) is 16.8. The number of amides is 1. The van der Waals surface area contributed by atoms with Gasteiger partial charge in [-0.15, -0.1) is 5.10 Å². The van der Waals surface area contributed by atoms with Gasteiger partial charge in [0.25, 0.3) is 0 Å². The molecule has 1 fully saturated rings. The summed E-state index contributed by atoms with van der Waals surface area (Å²) in [7, 11) is -0.0874. The van der Waals surface area contributed by atoms with Gasteiger partial charge in [0.05, 0.1) is 17.8 Å². The first-order valence-corrected chi connectivity index (χ1v) is 16.8. The first kappa shape index (κ1) is 26.6. The first-order valence-electron chi connectivity index (χ1n) is 13.3. The van der Waals surface area contributed by atoms with E-state index in [9.17, 15) is 9.59 Å². The fraction of sp³-hybridized carbons (Fsp3) is 0.643. The van der Waals surface area contributed by atoms with Crippen molar-refractivity contribution >= 4 is 31.0 Å². The standard InChI is InChI=1S/C28H42N4O3Si/c1-18(2)19-10-12-21-20(11-13-22-27(21,3)14-9-15-28(22,4)26(34)35-5)25(19)29-23(33)16-32-17-24(30-31-32)36(6,7)8/h10,12,17-18,22H,9,11,13-16H2,1-8H3,(H,29,33)/t22-,27-,28-/m1/s1. The number of anilines is 1. The minimum Gasteiger partial charge on any atom is -0.469 e. The molecule has 0 aliphatic heterocycles. The Balaban J connectivity index is 1.69. The lowest BCUT2D eigenvalue weighted by molar-refractivity contribution is -0.161. The molecule has 7 nitrogen and oxygen atoms in total. The molecule has 1 N–H and O–H groups in total. The van der Waals surface area contributed by atoms with E-state index in [-0.39, 0.29) is 35.7 Å². The monoisotopic (exact) mass is 510 g/mol. The summed E-state index contributed by atoms with van der Waals surface area (Å²) in [6.45, 7) is 15.5. The van der Waals surface area contributed by atoms with E-state index in [1.807, 2.05) is 6.20 Å². The molecule has 0 spiro atoms. The Morgan fingerprint density at radius 2 is 1.94 bits per heavy atom. The molecule has 3 atom stereocenters. The zero-order valence-electron chi connectivity index (χ0n) is 23.2. The van der Waals surface area contributed by atoms with Crippen molar-refractivity contribution in [2.45, 2.75) is 97.3 Å². The van der Waals surface area contributed by atoms with Crippen molar-refractivity contribution in [2.24, 2.45) is 11.3 Å². The van der Waals surface area contributed by atoms with Crippen LogP contribution in [0.3, 0.4) is 0 Å². The van der Waals surface area contributed by atoms with E-state index in [1.165, 1.54) is 18.2 Å². The van der Waals surface area contributed by atoms with Gasteiger partial charge in [0.1, 0.15) is 14.6 Å². The highest BCUT2D eigenvalue weighted by atomic mass is 28.3. The van der Waals surface area contributed by atoms with Gasteiger partial charge in [-0.1, -0.05) is 64.2 Å². The van der Waals surface area contributed by atoms with Crippen molar-refractivity contribution in [3.05, 3.63) is 35.0 Å². The summed E-state index contributed by atoms with van der Waals surface area (Å²) in [5.41, 5.74) is 3.97. The Bertz CT molecular complexity index is 1170. The third-order valence-corrected chi connectivity index (χ3v) is 10.5. The van der Waals surface area contributed by atoms with Crippen LogP contribution in [0.1, 0.15) is 76.0 Å². The molecule has 196 valence electrons. The maximum atomic E-state index is 13.2. The SMILES string of the molecule is COC(=O)[C@]1(C)CCC[C@]2(C)c3ccc(C(C)C)c(NC(=O)Cn4cc([Si](C)(C)C)nn4)c3CC[C@@H]12. The molecular weight excluding hydrogens is 468 g/mol. The summed E-state index contributed by atoms with van der Waals surface area (Å²) in [5.74, 6) is 0.294. The van der Waals surface area contributed by atoms with Gasteiger partial charge in [-0.25, -0.2) is 4.68 Å². The van der Waals surface area contributed by atoms with Crippen LogP contribution >= 0.6 is 0 Å². The molecule has 0 bridgehead atoms. The average molecular weight is 511 g/mol. The van der Waals surface area contributed by atoms with Crippen molar-refractivity contribution in [1.29, 1.82) is 0 Å². The molecule has 0 unspecified atom stereocenters. The Labute approximate surface area is 216 Å². The highest BCUT2D eigenvalue weighted by Gasteiger charge is 2.56. The Morgan fingerprint density at radius 3 is 2.56 bits per heavy atom. The smallest absolute Gasteiger partial charge is 0.311 e. The van der Waals surface area contributed by atoms with Crippen LogP contribution in [0.15, 0.2) is 18.3 Å². The van der Waals surface area contributed by atoms with Crippen LogP contribution < -0.4 is 10.6 Å². The van der Waals surface area contributed by atoms with E-state index in [0.717, 1.165) is 48.7 Å². The van der Waals surface area contributed by atoms with Gasteiger partial charge in [0.15, 0.2) is 0 Å². The van der Waals surface area contributed by atoms with Crippen molar-refractivity contribution < 1.29 is 14.3 Å². The van der Waals surface area contributed by atoms with Gasteiger partial charge in [0.2, 0.25) is 5.91 Å². The lowest BCUT2D eigenvalue weighted by Crippen LogP contribution is -2.52. The maximum Gasteiger partial charge on any atom is 0.311 e. The fourth-order valence-electron chi connectivity index (χ4n) is 6.73. The number of hydrogen-bond acceptors (Lipinski definition) is 5. The number of nitrogens with one attached hydrogen (secondary N) is 1. The Kier molecular flexibility index (Phi) is 6.96. The van der Waals surface area contributed by atoms with Gasteiger partial charge in [-0.3, -0.25) is 9.59 Å². The number of esters is 1. The third-order valence-electron chi connectivity index (χ3n) is 8.72. The number of rotatable bonds is 6. The zero-order chi connectivity index (χ0) is 26.5. The number of nitrogens with zero attached hydrogens (tertiary/aromatic N) is 3. The normalized spacial score (nSPS) is 25.8. The molecule has 0 saturated heterocycles. The number of benzene rings is 1. The molecular formula is C28H42N4O3Si. The molecule has 1 amide bonds. The lowest BCUT2D eigenvalue weighted by Gasteiger charge is -2.54. The molecule has 2 aromatic rings. The quantitative estimate of drug-likeness (QED) is 0.447. The minimum absolute atomic E-state index is 0.0901. The van der Waals surface area contributed by atoms with E-state index in [2.05, 4.69) is 75.1 Å². The van der Waals surface area contributed by atoms with Gasteiger partial charge >= 0.3 is 5.97 Å². The molecule has 0 radical (unpaired) electrons. The number of ether oxygens (including phenoxy) is 1. The third kappa shape index (κ3) is 4.53. The predicted molar refractivity (Wildman–Crippen MR) is 145 cm³/mol. The van der Waals surface area contributed by atoms with E-state index in [0.29, 0.717) is 0 Å². The number of methoxy groups -OCH3 is 1. The van der Waals surface area contributed by atoms with E-state index < -0.39 is 13.5 Å². The van der Waals surface area contributed by atoms with E-state index >= 15 is 0 Å². The van der Waals surface area contributed by atoms with Crippen molar-refractivity contribution in [3.8, 4) is 0 Å². The van der Waals surface area contributed by atoms with E-state index in [1.54, 1.807) is 4.68 Å². The van der Waals surface area contributed by atoms with Gasteiger partial charge < -0.3 is 10.1 Å². The number of fused-ring (bicyclic) bond motifs is 3. The van der Waals surface area contributed by atoms with E-state index in [4.69, 9.17) is 4.74 Å². The number of carbonyl (C=O) groups excluding carboxylic acids is 2. The van der Waals surface area contributed by atoms with Crippen LogP contribution in [0.2, 0.25) is 19.6 Å². The molecule has 1 aromatic carbocycles. The van der Waals surface area contributed by atoms with Crippen LogP contribution in [0.25, 0.3) is 0 Å². The molecule has 8 heteroatoms. The summed E-state index contributed by atoms with van der Waals surface area (Å²) >= 11 is 0. The lowest BCUT2D eigenvalue weighted by atomic mass is 9.49. The Hall–Kier alpha value is -2.48. The van der Waals surface area contributed by atoms with Crippen molar-refractivity contribution in [1.82, 2.24) is 15.0 Å². The second-order valence-corrected chi connectivity index (χ2v) is 17.6. The second kappa shape index (κ2) is 9.43. The summed E-state index contributed by atoms with van der Waals surface area (Å²) in [6, 6.07) is 4.43. The molecule has 1 aromatic heterocycles. The van der Waals surface area contributed by atoms with Crippen LogP contribution in [0.4, 0.5) is 5.69 Å². The largest absolute Gasteiger partial charge is 0.469 e. The molecule has 1 saturated carbocycles. The molecule has 2 aliphatic carbocycles. The second-order valence-electron chi connectivity index (χ2n) is 12.6. The topological polar surface area (TPSA) is 86.1 Å².